The van der Waals surface area contributed by atoms with Crippen LogP contribution in [0.1, 0.15) is 33.6 Å². The highest BCUT2D eigenvalue weighted by Crippen LogP contribution is 2.57. The van der Waals surface area contributed by atoms with E-state index in [9.17, 15) is 10.2 Å². The van der Waals surface area contributed by atoms with Gasteiger partial charge in [-0.2, -0.15) is 0 Å². The summed E-state index contributed by atoms with van der Waals surface area (Å²) in [5.41, 5.74) is 1.22. The van der Waals surface area contributed by atoms with E-state index in [1.165, 1.54) is 12.0 Å². The lowest BCUT2D eigenvalue weighted by atomic mass is 9.60. The molecule has 2 bridgehead atoms. The highest BCUT2D eigenvalue weighted by Gasteiger charge is 2.51. The molecule has 92 valence electrons. The molecule has 2 aliphatic rings. The van der Waals surface area contributed by atoms with Crippen LogP contribution >= 0.6 is 0 Å². The fourth-order valence-electron chi connectivity index (χ4n) is 3.96. The maximum atomic E-state index is 9.63. The zero-order chi connectivity index (χ0) is 11.9. The van der Waals surface area contributed by atoms with Gasteiger partial charge < -0.3 is 10.2 Å². The second kappa shape index (κ2) is 4.15. The van der Waals surface area contributed by atoms with Gasteiger partial charge in [0.15, 0.2) is 0 Å². The van der Waals surface area contributed by atoms with Gasteiger partial charge in [0.05, 0.1) is 6.61 Å². The van der Waals surface area contributed by atoms with Crippen molar-refractivity contribution >= 4 is 0 Å². The molecule has 0 saturated heterocycles. The smallest absolute Gasteiger partial charge is 0.0647 e. The lowest BCUT2D eigenvalue weighted by Gasteiger charge is -2.45. The Hall–Kier alpha value is -0.340. The second-order valence-electron chi connectivity index (χ2n) is 6.08. The molecule has 0 radical (unpaired) electrons. The first kappa shape index (κ1) is 12.1. The molecule has 2 heteroatoms. The standard InChI is InChI=1S/C14H24O2/c1-9(2)11-4-5-14(3)10(7-15)6-12(11)13(14)8-16/h6,9,11-13,15-16H,4-5,7-8H2,1-3H3/t11?,12-,13-,14-/m0/s1. The molecular formula is C14H24O2. The Morgan fingerprint density at radius 1 is 1.44 bits per heavy atom. The molecule has 0 spiro atoms. The van der Waals surface area contributed by atoms with E-state index in [1.54, 1.807) is 0 Å². The molecule has 2 rings (SSSR count). The summed E-state index contributed by atoms with van der Waals surface area (Å²) in [6.45, 7) is 7.17. The minimum absolute atomic E-state index is 0.0551. The number of fused-ring (bicyclic) bond motifs is 2. The van der Waals surface area contributed by atoms with E-state index in [-0.39, 0.29) is 18.6 Å². The number of aliphatic hydroxyl groups is 2. The first-order valence-electron chi connectivity index (χ1n) is 6.47. The first-order valence-corrected chi connectivity index (χ1v) is 6.47. The summed E-state index contributed by atoms with van der Waals surface area (Å²) in [5, 5.41) is 19.1. The third kappa shape index (κ3) is 1.54. The van der Waals surface area contributed by atoms with Crippen LogP contribution in [0, 0.1) is 29.1 Å². The topological polar surface area (TPSA) is 40.5 Å². The van der Waals surface area contributed by atoms with Crippen molar-refractivity contribution in [3.05, 3.63) is 11.6 Å². The first-order chi connectivity index (χ1) is 7.54. The molecule has 0 aliphatic heterocycles. The largest absolute Gasteiger partial charge is 0.396 e. The molecule has 0 aromatic rings. The van der Waals surface area contributed by atoms with Crippen LogP contribution in [0.25, 0.3) is 0 Å². The number of aliphatic hydroxyl groups excluding tert-OH is 2. The van der Waals surface area contributed by atoms with Gasteiger partial charge in [0.2, 0.25) is 0 Å². The maximum absolute atomic E-state index is 9.63. The third-order valence-electron chi connectivity index (χ3n) is 5.12. The molecule has 0 heterocycles. The molecule has 2 nitrogen and oxygen atoms in total. The number of hydrogen-bond donors (Lipinski definition) is 2. The second-order valence-corrected chi connectivity index (χ2v) is 6.08. The summed E-state index contributed by atoms with van der Waals surface area (Å²) in [6.07, 6.45) is 4.61. The molecule has 16 heavy (non-hydrogen) atoms. The quantitative estimate of drug-likeness (QED) is 0.722. The van der Waals surface area contributed by atoms with Crippen molar-refractivity contribution in [2.45, 2.75) is 33.6 Å². The van der Waals surface area contributed by atoms with Gasteiger partial charge in [0.25, 0.3) is 0 Å². The van der Waals surface area contributed by atoms with Gasteiger partial charge in [-0.1, -0.05) is 26.8 Å². The van der Waals surface area contributed by atoms with E-state index >= 15 is 0 Å². The molecule has 0 aromatic heterocycles. The van der Waals surface area contributed by atoms with Gasteiger partial charge >= 0.3 is 0 Å². The Morgan fingerprint density at radius 2 is 2.12 bits per heavy atom. The summed E-state index contributed by atoms with van der Waals surface area (Å²) in [6, 6.07) is 0. The van der Waals surface area contributed by atoms with Crippen LogP contribution in [-0.2, 0) is 0 Å². The minimum Gasteiger partial charge on any atom is -0.396 e. The van der Waals surface area contributed by atoms with Crippen LogP contribution in [0.15, 0.2) is 11.6 Å². The molecular weight excluding hydrogens is 200 g/mol. The SMILES string of the molecule is CC(C)C1CC[C@@]2(C)C(CO)=C[C@@H]1[C@@H]2CO. The predicted octanol–water partition coefficient (Wildman–Crippen LogP) is 2.22. The molecule has 0 aromatic carbocycles. The minimum atomic E-state index is 0.0551. The summed E-state index contributed by atoms with van der Waals surface area (Å²) in [4.78, 5) is 0. The number of rotatable bonds is 3. The summed E-state index contributed by atoms with van der Waals surface area (Å²) in [7, 11) is 0. The van der Waals surface area contributed by atoms with Crippen LogP contribution in [-0.4, -0.2) is 23.4 Å². The van der Waals surface area contributed by atoms with Crippen molar-refractivity contribution in [3.8, 4) is 0 Å². The van der Waals surface area contributed by atoms with Crippen LogP contribution in [0.2, 0.25) is 0 Å². The highest BCUT2D eigenvalue weighted by molar-refractivity contribution is 5.28. The van der Waals surface area contributed by atoms with Gasteiger partial charge in [-0.15, -0.1) is 0 Å². The van der Waals surface area contributed by atoms with Gasteiger partial charge in [-0.25, -0.2) is 0 Å². The fraction of sp³-hybridized carbons (Fsp3) is 0.857. The third-order valence-corrected chi connectivity index (χ3v) is 5.12. The molecule has 2 aliphatic carbocycles. The van der Waals surface area contributed by atoms with Gasteiger partial charge in [0.1, 0.15) is 0 Å². The fourth-order valence-corrected chi connectivity index (χ4v) is 3.96. The van der Waals surface area contributed by atoms with Crippen molar-refractivity contribution in [2.75, 3.05) is 13.2 Å². The number of hydrogen-bond acceptors (Lipinski definition) is 2. The monoisotopic (exact) mass is 224 g/mol. The van der Waals surface area contributed by atoms with E-state index in [2.05, 4.69) is 26.8 Å². The lowest BCUT2D eigenvalue weighted by Crippen LogP contribution is -2.40. The summed E-state index contributed by atoms with van der Waals surface area (Å²) in [5.74, 6) is 2.15. The van der Waals surface area contributed by atoms with Crippen molar-refractivity contribution in [2.24, 2.45) is 29.1 Å². The summed E-state index contributed by atoms with van der Waals surface area (Å²) >= 11 is 0. The Labute approximate surface area is 98.4 Å². The van der Waals surface area contributed by atoms with Crippen LogP contribution in [0.5, 0.6) is 0 Å². The van der Waals surface area contributed by atoms with Crippen molar-refractivity contribution in [1.82, 2.24) is 0 Å². The van der Waals surface area contributed by atoms with Crippen LogP contribution in [0.3, 0.4) is 0 Å². The normalized spacial score (nSPS) is 42.6. The summed E-state index contributed by atoms with van der Waals surface area (Å²) < 4.78 is 0. The van der Waals surface area contributed by atoms with Crippen LogP contribution < -0.4 is 0 Å². The van der Waals surface area contributed by atoms with E-state index in [0.717, 1.165) is 6.42 Å². The molecule has 4 atom stereocenters. The predicted molar refractivity (Wildman–Crippen MR) is 64.9 cm³/mol. The Balaban J connectivity index is 2.32. The van der Waals surface area contributed by atoms with E-state index in [4.69, 9.17) is 0 Å². The van der Waals surface area contributed by atoms with E-state index in [0.29, 0.717) is 23.7 Å². The maximum Gasteiger partial charge on any atom is 0.0647 e. The van der Waals surface area contributed by atoms with Gasteiger partial charge in [0, 0.05) is 6.61 Å². The van der Waals surface area contributed by atoms with Crippen molar-refractivity contribution in [3.63, 3.8) is 0 Å². The Bertz CT molecular complexity index is 295. The molecule has 1 unspecified atom stereocenters. The Kier molecular flexibility index (Phi) is 3.15. The number of allylic oxidation sites excluding steroid dienone is 1. The average Bonchev–Trinajstić information content (AvgIpc) is 2.42. The lowest BCUT2D eigenvalue weighted by molar-refractivity contribution is 0.0236. The van der Waals surface area contributed by atoms with E-state index in [1.807, 2.05) is 0 Å². The van der Waals surface area contributed by atoms with Crippen molar-refractivity contribution < 1.29 is 10.2 Å². The van der Waals surface area contributed by atoms with E-state index < -0.39 is 0 Å². The Morgan fingerprint density at radius 3 is 2.62 bits per heavy atom. The zero-order valence-corrected chi connectivity index (χ0v) is 10.6. The average molecular weight is 224 g/mol. The zero-order valence-electron chi connectivity index (χ0n) is 10.6. The van der Waals surface area contributed by atoms with Gasteiger partial charge in [-0.05, 0) is 47.5 Å². The molecule has 0 amide bonds. The van der Waals surface area contributed by atoms with Crippen LogP contribution in [0.4, 0.5) is 0 Å². The molecule has 1 fully saturated rings. The molecule has 1 saturated carbocycles. The highest BCUT2D eigenvalue weighted by atomic mass is 16.3. The molecule has 2 N–H and O–H groups in total. The van der Waals surface area contributed by atoms with Crippen molar-refractivity contribution in [1.29, 1.82) is 0 Å². The van der Waals surface area contributed by atoms with Gasteiger partial charge in [-0.3, -0.25) is 0 Å².